The van der Waals surface area contributed by atoms with Crippen molar-refractivity contribution in [2.45, 2.75) is 13.5 Å². The van der Waals surface area contributed by atoms with E-state index in [1.807, 2.05) is 27.2 Å². The normalized spacial score (nSPS) is 10.7. The number of nitrogens with zero attached hydrogens (tertiary/aromatic N) is 4. The molecule has 0 saturated heterocycles. The minimum Gasteiger partial charge on any atom is -0.314 e. The number of hydrogen-bond donors (Lipinski definition) is 1. The molecule has 0 saturated carbocycles. The number of aryl methyl sites for hydroxylation is 2. The number of aromatic nitrogens is 4. The van der Waals surface area contributed by atoms with Crippen LogP contribution in [0.1, 0.15) is 11.4 Å². The summed E-state index contributed by atoms with van der Waals surface area (Å²) in [7, 11) is 3.80. The average Bonchev–Trinajstić information content (AvgIpc) is 2.59. The standard InChI is InChI=1S/C11H15N5/c1-8-10(7-16(3)15-8)11-6-13-5-9(14-11)4-12-2/h5-7,12H,4H2,1-3H3. The van der Waals surface area contributed by atoms with Gasteiger partial charge in [0, 0.05) is 31.5 Å². The Balaban J connectivity index is 2.40. The van der Waals surface area contributed by atoms with Crippen LogP contribution >= 0.6 is 0 Å². The Morgan fingerprint density at radius 1 is 1.38 bits per heavy atom. The Morgan fingerprint density at radius 3 is 2.81 bits per heavy atom. The fourth-order valence-electron chi connectivity index (χ4n) is 1.65. The second-order valence-electron chi connectivity index (χ2n) is 3.73. The summed E-state index contributed by atoms with van der Waals surface area (Å²) in [4.78, 5) is 8.72. The third-order valence-electron chi connectivity index (χ3n) is 2.33. The fraction of sp³-hybridized carbons (Fsp3) is 0.364. The van der Waals surface area contributed by atoms with Crippen LogP contribution in [0.25, 0.3) is 11.3 Å². The van der Waals surface area contributed by atoms with Crippen molar-refractivity contribution in [3.05, 3.63) is 30.0 Å². The van der Waals surface area contributed by atoms with Crippen molar-refractivity contribution >= 4 is 0 Å². The Hall–Kier alpha value is -1.75. The molecule has 0 spiro atoms. The molecule has 0 aromatic carbocycles. The quantitative estimate of drug-likeness (QED) is 0.830. The molecule has 1 N–H and O–H groups in total. The molecule has 0 atom stereocenters. The first-order chi connectivity index (χ1) is 7.70. The van der Waals surface area contributed by atoms with Crippen molar-refractivity contribution < 1.29 is 0 Å². The Labute approximate surface area is 94.5 Å². The molecule has 0 bridgehead atoms. The summed E-state index contributed by atoms with van der Waals surface area (Å²) >= 11 is 0. The maximum Gasteiger partial charge on any atom is 0.0923 e. The lowest BCUT2D eigenvalue weighted by Crippen LogP contribution is -2.07. The molecular weight excluding hydrogens is 202 g/mol. The Morgan fingerprint density at radius 2 is 2.19 bits per heavy atom. The summed E-state index contributed by atoms with van der Waals surface area (Å²) in [6, 6.07) is 0. The van der Waals surface area contributed by atoms with E-state index >= 15 is 0 Å². The van der Waals surface area contributed by atoms with Crippen LogP contribution in [0, 0.1) is 6.92 Å². The van der Waals surface area contributed by atoms with Crippen molar-refractivity contribution in [1.82, 2.24) is 25.1 Å². The SMILES string of the molecule is CNCc1cncc(-c2cn(C)nc2C)n1. The van der Waals surface area contributed by atoms with Crippen LogP contribution in [0.4, 0.5) is 0 Å². The predicted octanol–water partition coefficient (Wildman–Crippen LogP) is 0.905. The van der Waals surface area contributed by atoms with Gasteiger partial charge in [0.05, 0.1) is 23.3 Å². The van der Waals surface area contributed by atoms with E-state index < -0.39 is 0 Å². The molecule has 5 heteroatoms. The lowest BCUT2D eigenvalue weighted by atomic mass is 10.2. The van der Waals surface area contributed by atoms with Crippen molar-refractivity contribution in [2.24, 2.45) is 7.05 Å². The molecule has 0 fully saturated rings. The number of rotatable bonds is 3. The van der Waals surface area contributed by atoms with E-state index in [9.17, 15) is 0 Å². The van der Waals surface area contributed by atoms with E-state index in [1.165, 1.54) is 0 Å². The van der Waals surface area contributed by atoms with E-state index in [-0.39, 0.29) is 0 Å². The molecule has 2 rings (SSSR count). The van der Waals surface area contributed by atoms with Gasteiger partial charge in [0.25, 0.3) is 0 Å². The van der Waals surface area contributed by atoms with Gasteiger partial charge in [-0.3, -0.25) is 9.67 Å². The second kappa shape index (κ2) is 4.40. The van der Waals surface area contributed by atoms with Crippen LogP contribution < -0.4 is 5.32 Å². The summed E-state index contributed by atoms with van der Waals surface area (Å²) < 4.78 is 1.79. The van der Waals surface area contributed by atoms with Gasteiger partial charge in [-0.2, -0.15) is 5.10 Å². The number of hydrogen-bond acceptors (Lipinski definition) is 4. The van der Waals surface area contributed by atoms with E-state index in [1.54, 1.807) is 17.1 Å². The van der Waals surface area contributed by atoms with Crippen molar-refractivity contribution in [3.63, 3.8) is 0 Å². The highest BCUT2D eigenvalue weighted by molar-refractivity contribution is 5.59. The number of nitrogens with one attached hydrogen (secondary N) is 1. The Kier molecular flexibility index (Phi) is 2.96. The van der Waals surface area contributed by atoms with Crippen molar-refractivity contribution in [3.8, 4) is 11.3 Å². The lowest BCUT2D eigenvalue weighted by Gasteiger charge is -2.01. The second-order valence-corrected chi connectivity index (χ2v) is 3.73. The van der Waals surface area contributed by atoms with Gasteiger partial charge in [0.1, 0.15) is 0 Å². The smallest absolute Gasteiger partial charge is 0.0923 e. The van der Waals surface area contributed by atoms with Crippen LogP contribution in [0.15, 0.2) is 18.6 Å². The van der Waals surface area contributed by atoms with Crippen LogP contribution in [-0.4, -0.2) is 26.8 Å². The first kappa shape index (κ1) is 10.8. The molecular formula is C11H15N5. The predicted molar refractivity (Wildman–Crippen MR) is 61.7 cm³/mol. The molecule has 2 aromatic rings. The molecule has 84 valence electrons. The summed E-state index contributed by atoms with van der Waals surface area (Å²) in [5.74, 6) is 0. The fourth-order valence-corrected chi connectivity index (χ4v) is 1.65. The van der Waals surface area contributed by atoms with Crippen LogP contribution in [-0.2, 0) is 13.6 Å². The zero-order valence-electron chi connectivity index (χ0n) is 9.73. The molecule has 0 unspecified atom stereocenters. The summed E-state index contributed by atoms with van der Waals surface area (Å²) in [6.07, 6.45) is 5.50. The molecule has 0 radical (unpaired) electrons. The van der Waals surface area contributed by atoms with Gasteiger partial charge < -0.3 is 5.32 Å². The molecule has 16 heavy (non-hydrogen) atoms. The first-order valence-electron chi connectivity index (χ1n) is 5.17. The van der Waals surface area contributed by atoms with E-state index in [4.69, 9.17) is 0 Å². The minimum atomic E-state index is 0.722. The maximum atomic E-state index is 4.53. The van der Waals surface area contributed by atoms with Gasteiger partial charge in [-0.15, -0.1) is 0 Å². The monoisotopic (exact) mass is 217 g/mol. The maximum absolute atomic E-state index is 4.53. The van der Waals surface area contributed by atoms with Crippen molar-refractivity contribution in [2.75, 3.05) is 7.05 Å². The molecule has 0 aliphatic heterocycles. The molecule has 2 aromatic heterocycles. The third-order valence-corrected chi connectivity index (χ3v) is 2.33. The lowest BCUT2D eigenvalue weighted by molar-refractivity contribution is 0.756. The van der Waals surface area contributed by atoms with Gasteiger partial charge in [-0.1, -0.05) is 0 Å². The Bertz CT molecular complexity index is 489. The minimum absolute atomic E-state index is 0.722. The molecule has 0 aliphatic carbocycles. The zero-order valence-corrected chi connectivity index (χ0v) is 9.73. The van der Waals surface area contributed by atoms with Crippen molar-refractivity contribution in [1.29, 1.82) is 0 Å². The van der Waals surface area contributed by atoms with E-state index in [0.717, 1.165) is 29.2 Å². The highest BCUT2D eigenvalue weighted by Gasteiger charge is 2.08. The van der Waals surface area contributed by atoms with Crippen LogP contribution in [0.2, 0.25) is 0 Å². The molecule has 0 amide bonds. The van der Waals surface area contributed by atoms with Crippen LogP contribution in [0.5, 0.6) is 0 Å². The van der Waals surface area contributed by atoms with Gasteiger partial charge in [-0.25, -0.2) is 4.98 Å². The van der Waals surface area contributed by atoms with Gasteiger partial charge >= 0.3 is 0 Å². The van der Waals surface area contributed by atoms with E-state index in [2.05, 4.69) is 20.4 Å². The summed E-state index contributed by atoms with van der Waals surface area (Å²) in [5.41, 5.74) is 3.81. The van der Waals surface area contributed by atoms with Crippen LogP contribution in [0.3, 0.4) is 0 Å². The molecule has 0 aliphatic rings. The molecule has 5 nitrogen and oxygen atoms in total. The largest absolute Gasteiger partial charge is 0.314 e. The first-order valence-corrected chi connectivity index (χ1v) is 5.17. The highest BCUT2D eigenvalue weighted by Crippen LogP contribution is 2.19. The third kappa shape index (κ3) is 2.09. The van der Waals surface area contributed by atoms with Gasteiger partial charge in [0.15, 0.2) is 0 Å². The summed E-state index contributed by atoms with van der Waals surface area (Å²) in [6.45, 7) is 2.70. The van der Waals surface area contributed by atoms with Gasteiger partial charge in [0.2, 0.25) is 0 Å². The summed E-state index contributed by atoms with van der Waals surface area (Å²) in [5, 5.41) is 7.36. The molecule has 2 heterocycles. The zero-order chi connectivity index (χ0) is 11.5. The van der Waals surface area contributed by atoms with E-state index in [0.29, 0.717) is 0 Å². The highest BCUT2D eigenvalue weighted by atomic mass is 15.2. The van der Waals surface area contributed by atoms with Gasteiger partial charge in [-0.05, 0) is 14.0 Å². The average molecular weight is 217 g/mol. The topological polar surface area (TPSA) is 55.6 Å².